The van der Waals surface area contributed by atoms with Gasteiger partial charge in [-0.15, -0.1) is 0 Å². The average molecular weight is 341 g/mol. The maximum absolute atomic E-state index is 5.51. The lowest BCUT2D eigenvalue weighted by molar-refractivity contribution is -0.00716. The van der Waals surface area contributed by atoms with Crippen LogP contribution in [0.25, 0.3) is 0 Å². The second-order valence-electron chi connectivity index (χ2n) is 5.93. The molecule has 0 saturated carbocycles. The highest BCUT2D eigenvalue weighted by atomic mass is 79.9. The van der Waals surface area contributed by atoms with Gasteiger partial charge in [0.2, 0.25) is 0 Å². The van der Waals surface area contributed by atoms with Crippen LogP contribution in [0.3, 0.4) is 0 Å². The lowest BCUT2D eigenvalue weighted by Gasteiger charge is -2.43. The van der Waals surface area contributed by atoms with E-state index in [1.54, 1.807) is 0 Å². The summed E-state index contributed by atoms with van der Waals surface area (Å²) in [6.07, 6.45) is 2.20. The fourth-order valence-electron chi connectivity index (χ4n) is 2.76. The van der Waals surface area contributed by atoms with E-state index in [4.69, 9.17) is 4.74 Å². The molecule has 20 heavy (non-hydrogen) atoms. The summed E-state index contributed by atoms with van der Waals surface area (Å²) < 4.78 is 6.70. The molecule has 0 aliphatic carbocycles. The molecule has 112 valence electrons. The van der Waals surface area contributed by atoms with Gasteiger partial charge in [-0.05, 0) is 51.1 Å². The predicted octanol–water partition coefficient (Wildman–Crippen LogP) is 2.96. The summed E-state index contributed by atoms with van der Waals surface area (Å²) in [5.74, 6) is 0. The van der Waals surface area contributed by atoms with Gasteiger partial charge in [0.1, 0.15) is 0 Å². The molecule has 1 heterocycles. The van der Waals surface area contributed by atoms with Crippen molar-refractivity contribution in [1.82, 2.24) is 10.2 Å². The van der Waals surface area contributed by atoms with Crippen LogP contribution in [0.1, 0.15) is 24.0 Å². The molecule has 0 radical (unpaired) electrons. The molecule has 0 bridgehead atoms. The van der Waals surface area contributed by atoms with Gasteiger partial charge in [-0.3, -0.25) is 0 Å². The molecule has 1 saturated heterocycles. The van der Waals surface area contributed by atoms with Crippen molar-refractivity contribution in [3.63, 3.8) is 0 Å². The molecule has 1 aliphatic heterocycles. The molecule has 1 fully saturated rings. The monoisotopic (exact) mass is 340 g/mol. The minimum Gasteiger partial charge on any atom is -0.381 e. The minimum atomic E-state index is 0.232. The second kappa shape index (κ2) is 7.03. The number of nitrogens with zero attached hydrogens (tertiary/aromatic N) is 1. The van der Waals surface area contributed by atoms with Gasteiger partial charge in [0, 0.05) is 36.3 Å². The van der Waals surface area contributed by atoms with Gasteiger partial charge >= 0.3 is 0 Å². The average Bonchev–Trinajstić information content (AvgIpc) is 2.42. The highest BCUT2D eigenvalue weighted by Crippen LogP contribution is 2.25. The molecule has 1 aromatic rings. The van der Waals surface area contributed by atoms with E-state index in [-0.39, 0.29) is 5.54 Å². The summed E-state index contributed by atoms with van der Waals surface area (Å²) in [4.78, 5) is 2.35. The van der Waals surface area contributed by atoms with Gasteiger partial charge in [0.15, 0.2) is 0 Å². The van der Waals surface area contributed by atoms with Crippen molar-refractivity contribution in [1.29, 1.82) is 0 Å². The normalized spacial score (nSPS) is 18.4. The Morgan fingerprint density at radius 2 is 2.00 bits per heavy atom. The van der Waals surface area contributed by atoms with E-state index in [9.17, 15) is 0 Å². The third kappa shape index (κ3) is 3.82. The van der Waals surface area contributed by atoms with Crippen molar-refractivity contribution in [3.05, 3.63) is 33.8 Å². The first-order valence-electron chi connectivity index (χ1n) is 7.24. The van der Waals surface area contributed by atoms with Crippen molar-refractivity contribution >= 4 is 15.9 Å². The number of benzene rings is 1. The highest BCUT2D eigenvalue weighted by molar-refractivity contribution is 9.10. The van der Waals surface area contributed by atoms with Crippen LogP contribution >= 0.6 is 15.9 Å². The Kier molecular flexibility index (Phi) is 5.61. The molecule has 0 unspecified atom stereocenters. The number of likely N-dealkylation sites (N-methyl/N-ethyl adjacent to an activating group) is 1. The molecule has 2 rings (SSSR count). The first-order chi connectivity index (χ1) is 9.53. The molecule has 3 nitrogen and oxygen atoms in total. The molecule has 0 atom stereocenters. The first kappa shape index (κ1) is 16.0. The van der Waals surface area contributed by atoms with Crippen LogP contribution in [0.4, 0.5) is 0 Å². The van der Waals surface area contributed by atoms with Crippen LogP contribution in [-0.2, 0) is 11.3 Å². The smallest absolute Gasteiger partial charge is 0.0484 e. The Balaban J connectivity index is 1.93. The predicted molar refractivity (Wildman–Crippen MR) is 87.1 cm³/mol. The molecule has 0 spiro atoms. The van der Waals surface area contributed by atoms with E-state index in [2.05, 4.69) is 65.4 Å². The van der Waals surface area contributed by atoms with E-state index in [0.717, 1.165) is 39.1 Å². The Bertz CT molecular complexity index is 442. The summed E-state index contributed by atoms with van der Waals surface area (Å²) in [5.41, 5.74) is 2.83. The number of halogens is 1. The van der Waals surface area contributed by atoms with Gasteiger partial charge in [-0.2, -0.15) is 0 Å². The summed E-state index contributed by atoms with van der Waals surface area (Å²) in [6, 6.07) is 6.53. The van der Waals surface area contributed by atoms with Crippen molar-refractivity contribution in [2.75, 3.05) is 33.9 Å². The maximum atomic E-state index is 5.51. The van der Waals surface area contributed by atoms with Crippen molar-refractivity contribution in [2.45, 2.75) is 31.8 Å². The number of hydrogen-bond donors (Lipinski definition) is 1. The Labute approximate surface area is 130 Å². The fourth-order valence-corrected chi connectivity index (χ4v) is 3.39. The molecular weight excluding hydrogens is 316 g/mol. The van der Waals surface area contributed by atoms with Gasteiger partial charge in [-0.25, -0.2) is 0 Å². The van der Waals surface area contributed by atoms with E-state index >= 15 is 0 Å². The zero-order valence-corrected chi connectivity index (χ0v) is 14.3. The van der Waals surface area contributed by atoms with Crippen molar-refractivity contribution in [2.24, 2.45) is 0 Å². The van der Waals surface area contributed by atoms with Crippen LogP contribution in [0.2, 0.25) is 0 Å². The lowest BCUT2D eigenvalue weighted by Crippen LogP contribution is -2.54. The third-order valence-electron chi connectivity index (χ3n) is 4.35. The number of nitrogens with one attached hydrogen (secondary N) is 1. The standard InChI is InChI=1S/C16H25BrN2O/c1-13-4-5-14(15(17)10-13)11-18-12-16(19(2)3)6-8-20-9-7-16/h4-5,10,18H,6-9,11-12H2,1-3H3. The second-order valence-corrected chi connectivity index (χ2v) is 6.78. The quantitative estimate of drug-likeness (QED) is 0.891. The SMILES string of the molecule is Cc1ccc(CNCC2(N(C)C)CCOCC2)c(Br)c1. The fraction of sp³-hybridized carbons (Fsp3) is 0.625. The van der Waals surface area contributed by atoms with Crippen LogP contribution < -0.4 is 5.32 Å². The Morgan fingerprint density at radius 1 is 1.30 bits per heavy atom. The largest absolute Gasteiger partial charge is 0.381 e. The van der Waals surface area contributed by atoms with E-state index in [0.29, 0.717) is 0 Å². The van der Waals surface area contributed by atoms with Crippen LogP contribution in [-0.4, -0.2) is 44.3 Å². The van der Waals surface area contributed by atoms with E-state index in [1.165, 1.54) is 15.6 Å². The number of rotatable bonds is 5. The lowest BCUT2D eigenvalue weighted by atomic mass is 9.88. The van der Waals surface area contributed by atoms with Gasteiger partial charge in [-0.1, -0.05) is 28.1 Å². The molecule has 1 aromatic carbocycles. The molecule has 1 aliphatic rings. The number of aryl methyl sites for hydroxylation is 1. The molecular formula is C16H25BrN2O. The van der Waals surface area contributed by atoms with Crippen LogP contribution in [0, 0.1) is 6.92 Å². The zero-order valence-electron chi connectivity index (χ0n) is 12.7. The highest BCUT2D eigenvalue weighted by Gasteiger charge is 2.34. The van der Waals surface area contributed by atoms with Crippen LogP contribution in [0.15, 0.2) is 22.7 Å². The summed E-state index contributed by atoms with van der Waals surface area (Å²) in [7, 11) is 4.35. The summed E-state index contributed by atoms with van der Waals surface area (Å²) in [6.45, 7) is 5.76. The van der Waals surface area contributed by atoms with Gasteiger partial charge in [0.05, 0.1) is 0 Å². The van der Waals surface area contributed by atoms with E-state index < -0.39 is 0 Å². The van der Waals surface area contributed by atoms with Crippen LogP contribution in [0.5, 0.6) is 0 Å². The first-order valence-corrected chi connectivity index (χ1v) is 8.04. The van der Waals surface area contributed by atoms with Gasteiger partial charge in [0.25, 0.3) is 0 Å². The minimum absolute atomic E-state index is 0.232. The maximum Gasteiger partial charge on any atom is 0.0484 e. The summed E-state index contributed by atoms with van der Waals surface area (Å²) >= 11 is 3.65. The van der Waals surface area contributed by atoms with E-state index in [1.807, 2.05) is 0 Å². The third-order valence-corrected chi connectivity index (χ3v) is 5.09. The Hall–Kier alpha value is -0.420. The number of hydrogen-bond acceptors (Lipinski definition) is 3. The molecule has 1 N–H and O–H groups in total. The Morgan fingerprint density at radius 3 is 2.60 bits per heavy atom. The van der Waals surface area contributed by atoms with Crippen molar-refractivity contribution < 1.29 is 4.74 Å². The molecule has 0 amide bonds. The van der Waals surface area contributed by atoms with Crippen molar-refractivity contribution in [3.8, 4) is 0 Å². The molecule has 4 heteroatoms. The summed E-state index contributed by atoms with van der Waals surface area (Å²) in [5, 5.41) is 3.63. The number of ether oxygens (including phenoxy) is 1. The zero-order chi connectivity index (χ0) is 14.6. The molecule has 0 aromatic heterocycles. The van der Waals surface area contributed by atoms with Gasteiger partial charge < -0.3 is 15.0 Å². The topological polar surface area (TPSA) is 24.5 Å².